The molecule has 1 unspecified atom stereocenters. The number of hydrogen-bond donors (Lipinski definition) is 2. The molecule has 1 amide bonds. The molecule has 0 fully saturated rings. The molecule has 144 valence electrons. The molecular weight excluding hydrogens is 358 g/mol. The van der Waals surface area contributed by atoms with Crippen molar-refractivity contribution in [2.45, 2.75) is 39.8 Å². The van der Waals surface area contributed by atoms with Crippen molar-refractivity contribution in [3.05, 3.63) is 36.8 Å². The van der Waals surface area contributed by atoms with Gasteiger partial charge >= 0.3 is 0 Å². The standard InChI is InChI=1S/C18H21N9O/c1-4-12(3)27-14(5-11(2)25-27)24-15(28)8-26-7-13(6-23-26)16-17-18(21-9-19-16)22-10-20-17/h5-7,9-10,12H,4,8H2,1-3H3,(H,24,28)(H,19,20,21,22). The van der Waals surface area contributed by atoms with E-state index in [1.54, 1.807) is 23.4 Å². The van der Waals surface area contributed by atoms with Crippen LogP contribution in [0.25, 0.3) is 22.4 Å². The maximum atomic E-state index is 12.5. The lowest BCUT2D eigenvalue weighted by molar-refractivity contribution is -0.117. The Labute approximate surface area is 161 Å². The molecule has 10 heteroatoms. The highest BCUT2D eigenvalue weighted by atomic mass is 16.2. The molecule has 4 aromatic heterocycles. The van der Waals surface area contributed by atoms with E-state index in [1.807, 2.05) is 17.7 Å². The fourth-order valence-electron chi connectivity index (χ4n) is 3.00. The van der Waals surface area contributed by atoms with Crippen molar-refractivity contribution in [3.8, 4) is 11.3 Å². The van der Waals surface area contributed by atoms with Crippen LogP contribution < -0.4 is 5.32 Å². The van der Waals surface area contributed by atoms with Gasteiger partial charge in [-0.2, -0.15) is 10.2 Å². The first-order valence-corrected chi connectivity index (χ1v) is 9.08. The van der Waals surface area contributed by atoms with Crippen molar-refractivity contribution >= 4 is 22.9 Å². The highest BCUT2D eigenvalue weighted by Crippen LogP contribution is 2.22. The molecule has 0 bridgehead atoms. The molecular formula is C18H21N9O. The lowest BCUT2D eigenvalue weighted by Crippen LogP contribution is -2.22. The second kappa shape index (κ2) is 7.22. The van der Waals surface area contributed by atoms with Crippen molar-refractivity contribution in [2.24, 2.45) is 0 Å². The van der Waals surface area contributed by atoms with Crippen molar-refractivity contribution in [2.75, 3.05) is 5.32 Å². The number of rotatable bonds is 6. The highest BCUT2D eigenvalue weighted by Gasteiger charge is 2.15. The number of fused-ring (bicyclic) bond motifs is 1. The highest BCUT2D eigenvalue weighted by molar-refractivity contribution is 5.90. The molecule has 0 aromatic carbocycles. The Morgan fingerprint density at radius 3 is 3.00 bits per heavy atom. The van der Waals surface area contributed by atoms with Crippen LogP contribution in [0.2, 0.25) is 0 Å². The van der Waals surface area contributed by atoms with Gasteiger partial charge in [0, 0.05) is 17.8 Å². The van der Waals surface area contributed by atoms with E-state index in [1.165, 1.54) is 6.33 Å². The summed E-state index contributed by atoms with van der Waals surface area (Å²) >= 11 is 0. The summed E-state index contributed by atoms with van der Waals surface area (Å²) in [5.74, 6) is 0.521. The largest absolute Gasteiger partial charge is 0.341 e. The SMILES string of the molecule is CCC(C)n1nc(C)cc1NC(=O)Cn1cc(-c2ncnc3nc[nH]c23)cn1. The molecule has 0 radical (unpaired) electrons. The average molecular weight is 379 g/mol. The number of carbonyl (C=O) groups excluding carboxylic acids is 1. The van der Waals surface area contributed by atoms with Gasteiger partial charge < -0.3 is 10.3 Å². The van der Waals surface area contributed by atoms with Gasteiger partial charge in [0.05, 0.1) is 24.3 Å². The van der Waals surface area contributed by atoms with E-state index in [0.29, 0.717) is 17.2 Å². The van der Waals surface area contributed by atoms with Crippen LogP contribution >= 0.6 is 0 Å². The number of nitrogens with one attached hydrogen (secondary N) is 2. The zero-order chi connectivity index (χ0) is 19.7. The summed E-state index contributed by atoms with van der Waals surface area (Å²) in [7, 11) is 0. The number of H-pyrrole nitrogens is 1. The van der Waals surface area contributed by atoms with Gasteiger partial charge in [0.1, 0.15) is 29.9 Å². The maximum absolute atomic E-state index is 12.5. The summed E-state index contributed by atoms with van der Waals surface area (Å²) in [6, 6.07) is 2.07. The Balaban J connectivity index is 1.50. The number of aryl methyl sites for hydroxylation is 1. The van der Waals surface area contributed by atoms with Crippen LogP contribution in [-0.2, 0) is 11.3 Å². The van der Waals surface area contributed by atoms with E-state index in [2.05, 4.69) is 49.3 Å². The van der Waals surface area contributed by atoms with Gasteiger partial charge in [-0.1, -0.05) is 6.92 Å². The van der Waals surface area contributed by atoms with Crippen molar-refractivity contribution in [1.29, 1.82) is 0 Å². The van der Waals surface area contributed by atoms with Crippen LogP contribution in [0.3, 0.4) is 0 Å². The van der Waals surface area contributed by atoms with Gasteiger partial charge in [0.25, 0.3) is 0 Å². The number of amides is 1. The van der Waals surface area contributed by atoms with Crippen LogP contribution in [0.5, 0.6) is 0 Å². The van der Waals surface area contributed by atoms with E-state index in [-0.39, 0.29) is 18.5 Å². The molecule has 4 heterocycles. The number of carbonyl (C=O) groups is 1. The molecule has 0 aliphatic heterocycles. The molecule has 0 aliphatic carbocycles. The van der Waals surface area contributed by atoms with Gasteiger partial charge in [0.15, 0.2) is 5.65 Å². The van der Waals surface area contributed by atoms with Crippen molar-refractivity contribution in [1.82, 2.24) is 39.5 Å². The Morgan fingerprint density at radius 2 is 2.18 bits per heavy atom. The van der Waals surface area contributed by atoms with Crippen molar-refractivity contribution in [3.63, 3.8) is 0 Å². The zero-order valence-corrected chi connectivity index (χ0v) is 15.9. The third kappa shape index (κ3) is 3.36. The van der Waals surface area contributed by atoms with Crippen LogP contribution in [0.15, 0.2) is 31.1 Å². The monoisotopic (exact) mass is 379 g/mol. The lowest BCUT2D eigenvalue weighted by atomic mass is 10.2. The second-order valence-corrected chi connectivity index (χ2v) is 6.67. The van der Waals surface area contributed by atoms with Crippen molar-refractivity contribution < 1.29 is 4.79 Å². The zero-order valence-electron chi connectivity index (χ0n) is 15.9. The van der Waals surface area contributed by atoms with Gasteiger partial charge in [-0.05, 0) is 20.3 Å². The molecule has 28 heavy (non-hydrogen) atoms. The van der Waals surface area contributed by atoms with E-state index in [4.69, 9.17) is 0 Å². The molecule has 4 rings (SSSR count). The normalized spacial score (nSPS) is 12.4. The first-order chi connectivity index (χ1) is 13.5. The topological polar surface area (TPSA) is 119 Å². The summed E-state index contributed by atoms with van der Waals surface area (Å²) in [4.78, 5) is 28.1. The summed E-state index contributed by atoms with van der Waals surface area (Å²) in [5, 5.41) is 11.7. The first kappa shape index (κ1) is 17.8. The third-order valence-corrected chi connectivity index (χ3v) is 4.57. The fraction of sp³-hybridized carbons (Fsp3) is 0.333. The molecule has 0 saturated carbocycles. The first-order valence-electron chi connectivity index (χ1n) is 9.08. The van der Waals surface area contributed by atoms with E-state index >= 15 is 0 Å². The fourth-order valence-corrected chi connectivity index (χ4v) is 3.00. The third-order valence-electron chi connectivity index (χ3n) is 4.57. The lowest BCUT2D eigenvalue weighted by Gasteiger charge is -2.14. The number of aromatic amines is 1. The summed E-state index contributed by atoms with van der Waals surface area (Å²) in [5.41, 5.74) is 3.66. The summed E-state index contributed by atoms with van der Waals surface area (Å²) in [6.07, 6.45) is 7.40. The molecule has 1 atom stereocenters. The molecule has 0 spiro atoms. The smallest absolute Gasteiger partial charge is 0.247 e. The number of nitrogens with zero attached hydrogens (tertiary/aromatic N) is 7. The minimum Gasteiger partial charge on any atom is -0.341 e. The quantitative estimate of drug-likeness (QED) is 0.531. The van der Waals surface area contributed by atoms with Crippen LogP contribution in [-0.4, -0.2) is 45.4 Å². The molecule has 4 aromatic rings. The predicted octanol–water partition coefficient (Wildman–Crippen LogP) is 2.33. The molecule has 2 N–H and O–H groups in total. The summed E-state index contributed by atoms with van der Waals surface area (Å²) in [6.45, 7) is 6.15. The number of hydrogen-bond acceptors (Lipinski definition) is 6. The number of imidazole rings is 1. The van der Waals surface area contributed by atoms with Gasteiger partial charge in [-0.3, -0.25) is 9.48 Å². The van der Waals surface area contributed by atoms with Gasteiger partial charge in [-0.15, -0.1) is 0 Å². The minimum atomic E-state index is -0.173. The summed E-state index contributed by atoms with van der Waals surface area (Å²) < 4.78 is 3.42. The predicted molar refractivity (Wildman–Crippen MR) is 104 cm³/mol. The Kier molecular flexibility index (Phi) is 4.60. The molecule has 0 saturated heterocycles. The van der Waals surface area contributed by atoms with E-state index in [9.17, 15) is 4.79 Å². The molecule has 0 aliphatic rings. The Morgan fingerprint density at radius 1 is 1.32 bits per heavy atom. The van der Waals surface area contributed by atoms with Gasteiger partial charge in [0.2, 0.25) is 5.91 Å². The molecule has 10 nitrogen and oxygen atoms in total. The minimum absolute atomic E-state index is 0.0853. The van der Waals surface area contributed by atoms with E-state index < -0.39 is 0 Å². The maximum Gasteiger partial charge on any atom is 0.247 e. The van der Waals surface area contributed by atoms with Crippen LogP contribution in [0, 0.1) is 6.92 Å². The number of aromatic nitrogens is 8. The van der Waals surface area contributed by atoms with Crippen LogP contribution in [0.4, 0.5) is 5.82 Å². The second-order valence-electron chi connectivity index (χ2n) is 6.67. The van der Waals surface area contributed by atoms with E-state index in [0.717, 1.165) is 23.2 Å². The average Bonchev–Trinajstić information content (AvgIpc) is 3.40. The number of anilines is 1. The van der Waals surface area contributed by atoms with Gasteiger partial charge in [-0.25, -0.2) is 19.6 Å². The Bertz CT molecular complexity index is 1120. The Hall–Kier alpha value is -3.56. The van der Waals surface area contributed by atoms with Crippen LogP contribution in [0.1, 0.15) is 32.0 Å².